The molecule has 3 heterocycles. The minimum Gasteiger partial charge on any atom is -0.469 e. The van der Waals surface area contributed by atoms with Crippen LogP contribution in [0.1, 0.15) is 55.5 Å². The molecule has 1 N–H and O–H groups in total. The number of halogens is 2. The third-order valence-electron chi connectivity index (χ3n) is 8.03. The Morgan fingerprint density at radius 1 is 1.11 bits per heavy atom. The molecule has 2 aromatic carbocycles. The number of nitrogens with one attached hydrogen (secondary N) is 1. The summed E-state index contributed by atoms with van der Waals surface area (Å²) < 4.78 is 6.25. The van der Waals surface area contributed by atoms with E-state index in [0.29, 0.717) is 46.9 Å². The van der Waals surface area contributed by atoms with E-state index in [0.717, 1.165) is 30.5 Å². The molecule has 0 saturated carbocycles. The van der Waals surface area contributed by atoms with Gasteiger partial charge >= 0.3 is 5.97 Å². The van der Waals surface area contributed by atoms with Gasteiger partial charge < -0.3 is 15.0 Å². The molecule has 2 aromatic heterocycles. The van der Waals surface area contributed by atoms with Crippen molar-refractivity contribution in [3.63, 3.8) is 0 Å². The highest BCUT2D eigenvalue weighted by atomic mass is 35.5. The molecule has 2 amide bonds. The topological polar surface area (TPSA) is 145 Å². The molecule has 1 fully saturated rings. The molecule has 2 atom stereocenters. The van der Waals surface area contributed by atoms with Crippen LogP contribution in [0.25, 0.3) is 22.9 Å². The van der Waals surface area contributed by atoms with E-state index in [1.54, 1.807) is 24.3 Å². The van der Waals surface area contributed by atoms with Crippen molar-refractivity contribution in [2.45, 2.75) is 45.1 Å². The number of ether oxygens (including phenoxy) is 1. The van der Waals surface area contributed by atoms with Gasteiger partial charge in [0, 0.05) is 41.7 Å². The monoisotopic (exact) mass is 676 g/mol. The largest absolute Gasteiger partial charge is 0.469 e. The number of hydrogen-bond acceptors (Lipinski definition) is 9. The number of nitrogens with zero attached hydrogens (tertiary/aromatic N) is 7. The number of piperidine rings is 1. The van der Waals surface area contributed by atoms with E-state index in [1.165, 1.54) is 24.2 Å². The van der Waals surface area contributed by atoms with Gasteiger partial charge in [-0.25, -0.2) is 0 Å². The maximum atomic E-state index is 13.5. The SMILES string of the molecule is CCC(=O)N1CCCC(C[C@H](NC(=O)/C=C/c2cc(Cl)ccc2-n2cnnn2)c2cc(-c3ccc(CC(=O)OC)cc3)c(Cl)nn2)C1. The molecular formula is C33H34Cl2N8O4. The fourth-order valence-electron chi connectivity index (χ4n) is 5.62. The predicted octanol–water partition coefficient (Wildman–Crippen LogP) is 5.05. The summed E-state index contributed by atoms with van der Waals surface area (Å²) >= 11 is 12.8. The summed E-state index contributed by atoms with van der Waals surface area (Å²) in [6.07, 6.45) is 7.43. The molecule has 1 aliphatic heterocycles. The molecule has 0 bridgehead atoms. The number of carbonyl (C=O) groups excluding carboxylic acids is 3. The molecule has 4 aromatic rings. The number of carbonyl (C=O) groups is 3. The van der Waals surface area contributed by atoms with Crippen molar-refractivity contribution >= 4 is 47.1 Å². The Balaban J connectivity index is 1.42. The smallest absolute Gasteiger partial charge is 0.309 e. The first kappa shape index (κ1) is 33.7. The van der Waals surface area contributed by atoms with Crippen LogP contribution in [-0.2, 0) is 25.5 Å². The summed E-state index contributed by atoms with van der Waals surface area (Å²) in [7, 11) is 1.35. The summed E-state index contributed by atoms with van der Waals surface area (Å²) in [5, 5.41) is 23.8. The number of aromatic nitrogens is 6. The Bertz CT molecular complexity index is 1750. The third kappa shape index (κ3) is 8.78. The van der Waals surface area contributed by atoms with Crippen LogP contribution in [0.5, 0.6) is 0 Å². The van der Waals surface area contributed by atoms with Crippen LogP contribution in [0.2, 0.25) is 10.2 Å². The number of benzene rings is 2. The number of methoxy groups -OCH3 is 1. The Hall–Kier alpha value is -4.68. The van der Waals surface area contributed by atoms with Crippen molar-refractivity contribution in [3.8, 4) is 16.8 Å². The van der Waals surface area contributed by atoms with Crippen molar-refractivity contribution in [1.29, 1.82) is 0 Å². The van der Waals surface area contributed by atoms with Crippen molar-refractivity contribution in [2.24, 2.45) is 5.92 Å². The maximum Gasteiger partial charge on any atom is 0.309 e. The van der Waals surface area contributed by atoms with Crippen molar-refractivity contribution in [2.75, 3.05) is 20.2 Å². The first-order chi connectivity index (χ1) is 22.7. The first-order valence-corrected chi connectivity index (χ1v) is 16.0. The minimum atomic E-state index is -0.533. The van der Waals surface area contributed by atoms with Gasteiger partial charge in [0.25, 0.3) is 0 Å². The molecule has 1 aliphatic rings. The van der Waals surface area contributed by atoms with Gasteiger partial charge in [0.2, 0.25) is 11.8 Å². The maximum absolute atomic E-state index is 13.5. The predicted molar refractivity (Wildman–Crippen MR) is 176 cm³/mol. The summed E-state index contributed by atoms with van der Waals surface area (Å²) in [6.45, 7) is 3.18. The Morgan fingerprint density at radius 2 is 1.91 bits per heavy atom. The van der Waals surface area contributed by atoms with Crippen LogP contribution < -0.4 is 5.32 Å². The molecule has 1 saturated heterocycles. The van der Waals surface area contributed by atoms with Crippen LogP contribution in [0.4, 0.5) is 0 Å². The molecule has 1 unspecified atom stereocenters. The van der Waals surface area contributed by atoms with E-state index in [4.69, 9.17) is 27.9 Å². The minimum absolute atomic E-state index is 0.113. The second-order valence-electron chi connectivity index (χ2n) is 11.2. The lowest BCUT2D eigenvalue weighted by Gasteiger charge is -2.34. The van der Waals surface area contributed by atoms with Gasteiger partial charge in [0.05, 0.1) is 31.0 Å². The quantitative estimate of drug-likeness (QED) is 0.170. The van der Waals surface area contributed by atoms with E-state index in [9.17, 15) is 14.4 Å². The molecule has 0 spiro atoms. The number of amides is 2. The lowest BCUT2D eigenvalue weighted by atomic mass is 9.89. The number of likely N-dealkylation sites (tertiary alicyclic amines) is 1. The van der Waals surface area contributed by atoms with E-state index >= 15 is 0 Å². The lowest BCUT2D eigenvalue weighted by Crippen LogP contribution is -2.41. The summed E-state index contributed by atoms with van der Waals surface area (Å²) in [5.41, 5.74) is 4.02. The van der Waals surface area contributed by atoms with Gasteiger partial charge in [-0.05, 0) is 77.1 Å². The van der Waals surface area contributed by atoms with Crippen LogP contribution in [0.15, 0.2) is 60.9 Å². The number of hydrogen-bond donors (Lipinski definition) is 1. The fourth-order valence-corrected chi connectivity index (χ4v) is 6.01. The van der Waals surface area contributed by atoms with Gasteiger partial charge in [0.15, 0.2) is 5.15 Å². The highest BCUT2D eigenvalue weighted by Gasteiger charge is 2.28. The van der Waals surface area contributed by atoms with Gasteiger partial charge in [-0.15, -0.1) is 10.2 Å². The van der Waals surface area contributed by atoms with Gasteiger partial charge in [-0.1, -0.05) is 54.4 Å². The Kier molecular flexibility index (Phi) is 11.3. The number of esters is 1. The first-order valence-electron chi connectivity index (χ1n) is 15.2. The zero-order valence-electron chi connectivity index (χ0n) is 26.0. The molecule has 0 radical (unpaired) electrons. The highest BCUT2D eigenvalue weighted by molar-refractivity contribution is 6.32. The molecule has 12 nitrogen and oxygen atoms in total. The van der Waals surface area contributed by atoms with Crippen LogP contribution in [-0.4, -0.2) is 73.3 Å². The third-order valence-corrected chi connectivity index (χ3v) is 8.54. The van der Waals surface area contributed by atoms with E-state index in [2.05, 4.69) is 31.0 Å². The van der Waals surface area contributed by atoms with Crippen LogP contribution in [0, 0.1) is 5.92 Å². The Morgan fingerprint density at radius 3 is 2.64 bits per heavy atom. The van der Waals surface area contributed by atoms with E-state index in [-0.39, 0.29) is 35.3 Å². The second kappa shape index (κ2) is 15.7. The summed E-state index contributed by atoms with van der Waals surface area (Å²) in [5.74, 6) is -0.450. The van der Waals surface area contributed by atoms with Crippen LogP contribution in [0.3, 0.4) is 0 Å². The van der Waals surface area contributed by atoms with Gasteiger partial charge in [0.1, 0.15) is 6.33 Å². The second-order valence-corrected chi connectivity index (χ2v) is 12.0. The molecular weight excluding hydrogens is 643 g/mol. The molecule has 47 heavy (non-hydrogen) atoms. The Labute approximate surface area is 282 Å². The normalized spacial score (nSPS) is 15.4. The van der Waals surface area contributed by atoms with E-state index in [1.807, 2.05) is 42.2 Å². The van der Waals surface area contributed by atoms with Crippen molar-refractivity contribution in [3.05, 3.63) is 87.9 Å². The molecule has 0 aliphatic carbocycles. The average molecular weight is 678 g/mol. The standard InChI is InChI=1S/C33H34Cl2N8O4/c1-3-31(45)42-14-4-5-22(19-42)15-27(37-30(44)13-10-24-17-25(34)11-12-29(24)43-20-36-40-41-43)28-18-26(33(35)39-38-28)23-8-6-21(7-9-23)16-32(46)47-2/h6-13,17-18,20,22,27H,3-5,14-16,19H2,1-2H3,(H,37,44)/b13-10+/t22?,27-/m0/s1. The van der Waals surface area contributed by atoms with Crippen LogP contribution >= 0.6 is 23.2 Å². The molecule has 14 heteroatoms. The summed E-state index contributed by atoms with van der Waals surface area (Å²) in [6, 6.07) is 13.8. The molecule has 5 rings (SSSR count). The zero-order valence-corrected chi connectivity index (χ0v) is 27.5. The zero-order chi connectivity index (χ0) is 33.3. The summed E-state index contributed by atoms with van der Waals surface area (Å²) in [4.78, 5) is 39.6. The van der Waals surface area contributed by atoms with E-state index < -0.39 is 6.04 Å². The fraction of sp³-hybridized carbons (Fsp3) is 0.333. The number of tetrazole rings is 1. The average Bonchev–Trinajstić information content (AvgIpc) is 3.62. The lowest BCUT2D eigenvalue weighted by molar-refractivity contribution is -0.139. The number of rotatable bonds is 11. The van der Waals surface area contributed by atoms with Crippen molar-refractivity contribution in [1.82, 2.24) is 40.6 Å². The van der Waals surface area contributed by atoms with Crippen molar-refractivity contribution < 1.29 is 19.1 Å². The van der Waals surface area contributed by atoms with Gasteiger partial charge in [-0.2, -0.15) is 9.78 Å². The molecule has 244 valence electrons. The van der Waals surface area contributed by atoms with Gasteiger partial charge in [-0.3, -0.25) is 14.4 Å². The highest BCUT2D eigenvalue weighted by Crippen LogP contribution is 2.32.